The van der Waals surface area contributed by atoms with E-state index in [-0.39, 0.29) is 6.04 Å². The molecule has 40 valence electrons. The second-order valence-corrected chi connectivity index (χ2v) is 10.1. The number of hydrogen-bond acceptors (Lipinski definition) is 1. The second-order valence-electron chi connectivity index (χ2n) is 0.950. The molecule has 0 heterocycles. The van der Waals surface area contributed by atoms with Crippen LogP contribution in [-0.4, -0.2) is 6.00 Å². The van der Waals surface area contributed by atoms with Crippen molar-refractivity contribution in [2.75, 3.05) is 0 Å². The zero-order valence-electron chi connectivity index (χ0n) is 3.29. The van der Waals surface area contributed by atoms with Crippen molar-refractivity contribution < 1.29 is 0 Å². The lowest BCUT2D eigenvalue weighted by Gasteiger charge is -1.96. The minimum atomic E-state index is -2.60. The predicted molar refractivity (Wildman–Crippen MR) is 33.7 cm³/mol. The van der Waals surface area contributed by atoms with Gasteiger partial charge in [-0.1, -0.05) is 0 Å². The molecule has 0 aliphatic carbocycles. The fourth-order valence-electron chi connectivity index (χ4n) is 0.0896. The van der Waals surface area contributed by atoms with E-state index in [4.69, 9.17) is 38.5 Å². The first-order chi connectivity index (χ1) is 3.06. The normalized spacial score (nSPS) is 10.6. The monoisotopic (exact) mass is 173 g/mol. The lowest BCUT2D eigenvalue weighted by molar-refractivity contribution is 1.48. The van der Waals surface area contributed by atoms with Crippen molar-refractivity contribution in [1.29, 1.82) is 5.26 Å². The average molecular weight is 174 g/mol. The lowest BCUT2D eigenvalue weighted by atomic mass is 10.9. The maximum Gasteiger partial charge on any atom is 0.354 e. The molecule has 0 saturated heterocycles. The molecule has 1 nitrogen and oxygen atoms in total. The number of halogens is 3. The molecule has 0 amide bonds. The molecule has 5 heteroatoms. The van der Waals surface area contributed by atoms with Crippen LogP contribution in [0.2, 0.25) is 6.04 Å². The van der Waals surface area contributed by atoms with Crippen molar-refractivity contribution in [2.45, 2.75) is 6.04 Å². The molecule has 0 fully saturated rings. The SMILES string of the molecule is N#CC[Si](Cl)(Cl)Cl. The van der Waals surface area contributed by atoms with Gasteiger partial charge in [-0.25, -0.2) is 0 Å². The number of nitrogens with zero attached hydrogens (tertiary/aromatic N) is 1. The minimum absolute atomic E-state index is 0.0810. The Morgan fingerprint density at radius 2 is 1.86 bits per heavy atom. The Bertz CT molecular complexity index is 90.1. The predicted octanol–water partition coefficient (Wildman–Crippen LogP) is 2.17. The summed E-state index contributed by atoms with van der Waals surface area (Å²) >= 11 is 15.8. The van der Waals surface area contributed by atoms with Crippen molar-refractivity contribution >= 4 is 39.2 Å². The highest BCUT2D eigenvalue weighted by molar-refractivity contribution is 7.64. The highest BCUT2D eigenvalue weighted by atomic mass is 35.8. The zero-order valence-corrected chi connectivity index (χ0v) is 6.56. The van der Waals surface area contributed by atoms with Crippen molar-refractivity contribution in [3.63, 3.8) is 0 Å². The van der Waals surface area contributed by atoms with E-state index in [1.165, 1.54) is 0 Å². The highest BCUT2D eigenvalue weighted by Crippen LogP contribution is 2.23. The Balaban J connectivity index is 3.40. The smallest absolute Gasteiger partial charge is 0.199 e. The summed E-state index contributed by atoms with van der Waals surface area (Å²) < 4.78 is 0. The molecule has 0 bridgehead atoms. The molecule has 0 aromatic carbocycles. The van der Waals surface area contributed by atoms with Gasteiger partial charge in [0.05, 0.1) is 12.1 Å². The first-order valence-corrected chi connectivity index (χ1v) is 6.74. The number of rotatable bonds is 1. The van der Waals surface area contributed by atoms with Gasteiger partial charge in [-0.15, -0.1) is 33.2 Å². The maximum absolute atomic E-state index is 7.93. The molecule has 0 aliphatic rings. The molecule has 0 aromatic rings. The first-order valence-electron chi connectivity index (χ1n) is 1.50. The molecular weight excluding hydrogens is 172 g/mol. The molecule has 0 radical (unpaired) electrons. The van der Waals surface area contributed by atoms with Crippen LogP contribution >= 0.6 is 33.2 Å². The Morgan fingerprint density at radius 1 is 1.43 bits per heavy atom. The minimum Gasteiger partial charge on any atom is -0.199 e. The van der Waals surface area contributed by atoms with Gasteiger partial charge in [-0.2, -0.15) is 5.26 Å². The molecule has 0 spiro atoms. The third kappa shape index (κ3) is 6.58. The van der Waals surface area contributed by atoms with E-state index in [9.17, 15) is 0 Å². The van der Waals surface area contributed by atoms with Gasteiger partial charge < -0.3 is 0 Å². The van der Waals surface area contributed by atoms with Gasteiger partial charge >= 0.3 is 6.00 Å². The third-order valence-corrected chi connectivity index (χ3v) is 2.04. The highest BCUT2D eigenvalue weighted by Gasteiger charge is 2.23. The van der Waals surface area contributed by atoms with E-state index in [1.54, 1.807) is 6.07 Å². The molecule has 0 atom stereocenters. The fraction of sp³-hybridized carbons (Fsp3) is 0.500. The Labute approximate surface area is 56.9 Å². The standard InChI is InChI=1S/C2H2Cl3NSi/c3-7(4,5)2-1-6/h2H2. The summed E-state index contributed by atoms with van der Waals surface area (Å²) in [6, 6.07) is -0.747. The summed E-state index contributed by atoms with van der Waals surface area (Å²) in [4.78, 5) is 0. The molecular formula is C2H2Cl3NSi. The van der Waals surface area contributed by atoms with Crippen LogP contribution in [0.4, 0.5) is 0 Å². The molecule has 0 saturated carbocycles. The average Bonchev–Trinajstić information content (AvgIpc) is 1.30. The van der Waals surface area contributed by atoms with E-state index >= 15 is 0 Å². The van der Waals surface area contributed by atoms with Crippen molar-refractivity contribution in [2.24, 2.45) is 0 Å². The van der Waals surface area contributed by atoms with Crippen LogP contribution in [0.1, 0.15) is 0 Å². The van der Waals surface area contributed by atoms with E-state index in [0.29, 0.717) is 0 Å². The van der Waals surface area contributed by atoms with Gasteiger partial charge in [0.2, 0.25) is 0 Å². The number of hydrogen-bond donors (Lipinski definition) is 0. The van der Waals surface area contributed by atoms with Crippen molar-refractivity contribution in [3.05, 3.63) is 0 Å². The topological polar surface area (TPSA) is 23.8 Å². The molecule has 0 N–H and O–H groups in total. The summed E-state index contributed by atoms with van der Waals surface area (Å²) in [7, 11) is 0. The van der Waals surface area contributed by atoms with Gasteiger partial charge in [-0.05, 0) is 0 Å². The molecule has 0 unspecified atom stereocenters. The first kappa shape index (κ1) is 7.58. The van der Waals surface area contributed by atoms with E-state index in [0.717, 1.165) is 0 Å². The Morgan fingerprint density at radius 3 is 1.86 bits per heavy atom. The quantitative estimate of drug-likeness (QED) is 0.441. The zero-order chi connectivity index (χ0) is 5.91. The maximum atomic E-state index is 7.93. The third-order valence-electron chi connectivity index (χ3n) is 0.280. The van der Waals surface area contributed by atoms with Crippen molar-refractivity contribution in [1.82, 2.24) is 0 Å². The van der Waals surface area contributed by atoms with Gasteiger partial charge in [0, 0.05) is 0 Å². The summed E-state index contributed by atoms with van der Waals surface area (Å²) in [5, 5.41) is 7.93. The van der Waals surface area contributed by atoms with Gasteiger partial charge in [-0.3, -0.25) is 0 Å². The van der Waals surface area contributed by atoms with Crippen LogP contribution < -0.4 is 0 Å². The van der Waals surface area contributed by atoms with Crippen LogP contribution in [0.5, 0.6) is 0 Å². The summed E-state index contributed by atoms with van der Waals surface area (Å²) in [5.74, 6) is 0. The molecule has 0 rings (SSSR count). The van der Waals surface area contributed by atoms with Crippen LogP contribution in [0.3, 0.4) is 0 Å². The lowest BCUT2D eigenvalue weighted by Crippen LogP contribution is -2.05. The van der Waals surface area contributed by atoms with Crippen LogP contribution in [0.15, 0.2) is 0 Å². The largest absolute Gasteiger partial charge is 0.354 e. The van der Waals surface area contributed by atoms with Gasteiger partial charge in [0.1, 0.15) is 0 Å². The number of nitriles is 1. The molecule has 0 aromatic heterocycles. The van der Waals surface area contributed by atoms with Crippen molar-refractivity contribution in [3.8, 4) is 6.07 Å². The summed E-state index contributed by atoms with van der Waals surface area (Å²) in [6.07, 6.45) is 0. The molecule has 0 aliphatic heterocycles. The Hall–Kier alpha value is 0.577. The van der Waals surface area contributed by atoms with E-state index < -0.39 is 6.00 Å². The second kappa shape index (κ2) is 2.78. The van der Waals surface area contributed by atoms with Gasteiger partial charge in [0.25, 0.3) is 0 Å². The van der Waals surface area contributed by atoms with Crippen LogP contribution in [0, 0.1) is 11.3 Å². The van der Waals surface area contributed by atoms with Crippen LogP contribution in [0.25, 0.3) is 0 Å². The van der Waals surface area contributed by atoms with Crippen LogP contribution in [-0.2, 0) is 0 Å². The summed E-state index contributed by atoms with van der Waals surface area (Å²) in [6.45, 7) is 0. The fourth-order valence-corrected chi connectivity index (χ4v) is 0.807. The van der Waals surface area contributed by atoms with E-state index in [2.05, 4.69) is 0 Å². The van der Waals surface area contributed by atoms with Gasteiger partial charge in [0.15, 0.2) is 0 Å². The molecule has 7 heavy (non-hydrogen) atoms. The Kier molecular flexibility index (Phi) is 3.01. The van der Waals surface area contributed by atoms with E-state index in [1.807, 2.05) is 0 Å². The summed E-state index contributed by atoms with van der Waals surface area (Å²) in [5.41, 5.74) is 0.